The smallest absolute Gasteiger partial charge is 0.167 e. The lowest BCUT2D eigenvalue weighted by atomic mass is 10.0. The van der Waals surface area contributed by atoms with Gasteiger partial charge in [-0.15, -0.1) is 0 Å². The summed E-state index contributed by atoms with van der Waals surface area (Å²) in [5, 5.41) is 7.00. The van der Waals surface area contributed by atoms with Gasteiger partial charge in [-0.2, -0.15) is 9.61 Å². The first-order chi connectivity index (χ1) is 14.1. The molecule has 2 heterocycles. The Morgan fingerprint density at radius 1 is 0.862 bits per heavy atom. The second-order valence-corrected chi connectivity index (χ2v) is 7.99. The molecular weight excluding hydrogens is 403 g/mol. The van der Waals surface area contributed by atoms with Gasteiger partial charge in [-0.25, -0.2) is 9.97 Å². The number of nitrogens with zero attached hydrogens (tertiary/aromatic N) is 4. The Morgan fingerprint density at radius 2 is 1.62 bits per heavy atom. The van der Waals surface area contributed by atoms with E-state index in [-0.39, 0.29) is 0 Å². The summed E-state index contributed by atoms with van der Waals surface area (Å²) >= 11 is 12.3. The molecule has 3 aromatic carbocycles. The third kappa shape index (κ3) is 3.24. The predicted molar refractivity (Wildman–Crippen MR) is 118 cm³/mol. The van der Waals surface area contributed by atoms with E-state index in [4.69, 9.17) is 28.3 Å². The van der Waals surface area contributed by atoms with Gasteiger partial charge in [-0.3, -0.25) is 0 Å². The van der Waals surface area contributed by atoms with Crippen molar-refractivity contribution in [3.63, 3.8) is 0 Å². The molecule has 0 atom stereocenters. The fraction of sp³-hybridized carbons (Fsp3) is 0.0870. The number of fused-ring (bicyclic) bond motifs is 2. The standard InChI is InChI=1S/C23H16Cl2N4/c1-14-9-11-16(12-10-14)19-13-20-26-22(21(24)25)27-23(29(20)28-19)18-8-4-6-15-5-2-3-7-17(15)18/h2-13,21H,1H3. The lowest BCUT2D eigenvalue weighted by Gasteiger charge is -2.10. The molecular formula is C23H16Cl2N4. The monoisotopic (exact) mass is 418 g/mol. The maximum absolute atomic E-state index is 6.13. The second kappa shape index (κ2) is 7.14. The number of halogens is 2. The van der Waals surface area contributed by atoms with Crippen LogP contribution in [0.3, 0.4) is 0 Å². The van der Waals surface area contributed by atoms with Crippen molar-refractivity contribution in [2.24, 2.45) is 0 Å². The molecule has 29 heavy (non-hydrogen) atoms. The van der Waals surface area contributed by atoms with Crippen molar-refractivity contribution in [2.75, 3.05) is 0 Å². The highest BCUT2D eigenvalue weighted by atomic mass is 35.5. The van der Waals surface area contributed by atoms with E-state index in [2.05, 4.69) is 59.4 Å². The lowest BCUT2D eigenvalue weighted by molar-refractivity contribution is 0.875. The minimum atomic E-state index is -0.827. The van der Waals surface area contributed by atoms with Crippen LogP contribution in [-0.4, -0.2) is 19.6 Å². The third-order valence-corrected chi connectivity index (χ3v) is 5.30. The molecule has 0 saturated carbocycles. The Morgan fingerprint density at radius 3 is 2.41 bits per heavy atom. The van der Waals surface area contributed by atoms with Crippen LogP contribution in [0.2, 0.25) is 0 Å². The molecule has 0 aliphatic carbocycles. The first-order valence-electron chi connectivity index (χ1n) is 9.21. The van der Waals surface area contributed by atoms with Crippen molar-refractivity contribution < 1.29 is 0 Å². The average Bonchev–Trinajstić information content (AvgIpc) is 3.17. The summed E-state index contributed by atoms with van der Waals surface area (Å²) in [7, 11) is 0. The normalized spacial score (nSPS) is 11.6. The SMILES string of the molecule is Cc1ccc(-c2cc3nc(C(Cl)Cl)nc(-c4cccc5ccccc45)n3n2)cc1. The molecule has 5 aromatic rings. The van der Waals surface area contributed by atoms with Crippen molar-refractivity contribution in [1.29, 1.82) is 0 Å². The van der Waals surface area contributed by atoms with Crippen LogP contribution in [0.15, 0.2) is 72.8 Å². The van der Waals surface area contributed by atoms with E-state index in [1.54, 1.807) is 4.52 Å². The number of aromatic nitrogens is 4. The third-order valence-electron chi connectivity index (χ3n) is 4.91. The minimum Gasteiger partial charge on any atom is -0.211 e. The van der Waals surface area contributed by atoms with Crippen molar-refractivity contribution in [1.82, 2.24) is 19.6 Å². The van der Waals surface area contributed by atoms with E-state index < -0.39 is 4.84 Å². The van der Waals surface area contributed by atoms with Crippen LogP contribution in [0.4, 0.5) is 0 Å². The van der Waals surface area contributed by atoms with Crippen LogP contribution in [0, 0.1) is 6.92 Å². The minimum absolute atomic E-state index is 0.360. The molecule has 0 aliphatic heterocycles. The molecule has 2 aromatic heterocycles. The molecule has 0 spiro atoms. The molecule has 142 valence electrons. The molecule has 0 saturated heterocycles. The highest BCUT2D eigenvalue weighted by molar-refractivity contribution is 6.43. The van der Waals surface area contributed by atoms with E-state index in [1.165, 1.54) is 5.56 Å². The summed E-state index contributed by atoms with van der Waals surface area (Å²) in [5.74, 6) is 1.02. The molecule has 0 bridgehead atoms. The van der Waals surface area contributed by atoms with Crippen LogP contribution >= 0.6 is 23.2 Å². The Bertz CT molecular complexity index is 1340. The molecule has 0 radical (unpaired) electrons. The summed E-state index contributed by atoms with van der Waals surface area (Å²) in [5.41, 5.74) is 4.63. The van der Waals surface area contributed by atoms with Gasteiger partial charge >= 0.3 is 0 Å². The zero-order chi connectivity index (χ0) is 20.0. The van der Waals surface area contributed by atoms with Crippen LogP contribution < -0.4 is 0 Å². The van der Waals surface area contributed by atoms with Gasteiger partial charge < -0.3 is 0 Å². The number of hydrogen-bond acceptors (Lipinski definition) is 3. The highest BCUT2D eigenvalue weighted by Gasteiger charge is 2.18. The van der Waals surface area contributed by atoms with Crippen molar-refractivity contribution >= 4 is 39.6 Å². The van der Waals surface area contributed by atoms with Gasteiger partial charge in [0.05, 0.1) is 5.69 Å². The molecule has 4 nitrogen and oxygen atoms in total. The Balaban J connectivity index is 1.80. The Hall–Kier alpha value is -2.95. The van der Waals surface area contributed by atoms with Crippen LogP contribution in [0.1, 0.15) is 16.2 Å². The summed E-state index contributed by atoms with van der Waals surface area (Å²) in [6.45, 7) is 2.06. The molecule has 0 unspecified atom stereocenters. The fourth-order valence-electron chi connectivity index (χ4n) is 3.46. The van der Waals surface area contributed by atoms with Gasteiger partial charge in [0, 0.05) is 17.2 Å². The zero-order valence-electron chi connectivity index (χ0n) is 15.6. The molecule has 0 fully saturated rings. The number of rotatable bonds is 3. The van der Waals surface area contributed by atoms with Crippen molar-refractivity contribution in [3.05, 3.63) is 84.2 Å². The van der Waals surface area contributed by atoms with E-state index in [0.29, 0.717) is 17.3 Å². The molecule has 0 amide bonds. The maximum atomic E-state index is 6.13. The number of alkyl halides is 2. The van der Waals surface area contributed by atoms with Gasteiger partial charge in [-0.1, -0.05) is 95.5 Å². The predicted octanol–water partition coefficient (Wildman–Crippen LogP) is 6.40. The molecule has 5 rings (SSSR count). The first-order valence-corrected chi connectivity index (χ1v) is 10.1. The summed E-state index contributed by atoms with van der Waals surface area (Å²) in [4.78, 5) is 8.37. The molecule has 0 N–H and O–H groups in total. The van der Waals surface area contributed by atoms with Gasteiger partial charge in [-0.05, 0) is 17.7 Å². The topological polar surface area (TPSA) is 43.1 Å². The first kappa shape index (κ1) is 18.1. The molecule has 6 heteroatoms. The van der Waals surface area contributed by atoms with Crippen molar-refractivity contribution in [2.45, 2.75) is 11.8 Å². The quantitative estimate of drug-likeness (QED) is 0.318. The molecule has 0 aliphatic rings. The highest BCUT2D eigenvalue weighted by Crippen LogP contribution is 2.31. The van der Waals surface area contributed by atoms with E-state index >= 15 is 0 Å². The summed E-state index contributed by atoms with van der Waals surface area (Å²) in [6, 6.07) is 24.4. The average molecular weight is 419 g/mol. The van der Waals surface area contributed by atoms with Crippen molar-refractivity contribution in [3.8, 4) is 22.6 Å². The van der Waals surface area contributed by atoms with Crippen LogP contribution in [0.5, 0.6) is 0 Å². The largest absolute Gasteiger partial charge is 0.211 e. The summed E-state index contributed by atoms with van der Waals surface area (Å²) in [6.07, 6.45) is 0. The number of aryl methyl sites for hydroxylation is 1. The fourth-order valence-corrected chi connectivity index (χ4v) is 3.66. The van der Waals surface area contributed by atoms with Gasteiger partial charge in [0.25, 0.3) is 0 Å². The number of benzene rings is 3. The van der Waals surface area contributed by atoms with E-state index in [1.807, 2.05) is 30.3 Å². The van der Waals surface area contributed by atoms with Gasteiger partial charge in [0.15, 0.2) is 22.1 Å². The van der Waals surface area contributed by atoms with Crippen LogP contribution in [-0.2, 0) is 0 Å². The summed E-state index contributed by atoms with van der Waals surface area (Å²) < 4.78 is 1.76. The zero-order valence-corrected chi connectivity index (χ0v) is 17.1. The van der Waals surface area contributed by atoms with Gasteiger partial charge in [0.2, 0.25) is 0 Å². The second-order valence-electron chi connectivity index (χ2n) is 6.90. The van der Waals surface area contributed by atoms with E-state index in [9.17, 15) is 0 Å². The van der Waals surface area contributed by atoms with Crippen LogP contribution in [0.25, 0.3) is 39.1 Å². The number of hydrogen-bond donors (Lipinski definition) is 0. The lowest BCUT2D eigenvalue weighted by Crippen LogP contribution is -2.05. The maximum Gasteiger partial charge on any atom is 0.167 e. The Kier molecular flexibility index (Phi) is 4.46. The van der Waals surface area contributed by atoms with E-state index in [0.717, 1.165) is 27.6 Å². The van der Waals surface area contributed by atoms with Gasteiger partial charge in [0.1, 0.15) is 0 Å². The Labute approximate surface area is 177 Å².